The van der Waals surface area contributed by atoms with Crippen LogP contribution in [-0.2, 0) is 11.3 Å². The lowest BCUT2D eigenvalue weighted by Gasteiger charge is -2.16. The zero-order chi connectivity index (χ0) is 14.3. The summed E-state index contributed by atoms with van der Waals surface area (Å²) >= 11 is -1.98. The maximum absolute atomic E-state index is 11.2. The Labute approximate surface area is 117 Å². The molecule has 0 spiro atoms. The highest BCUT2D eigenvalue weighted by atomic mass is 32.2. The Morgan fingerprint density at radius 1 is 1.37 bits per heavy atom. The first-order valence-corrected chi connectivity index (χ1v) is 7.29. The van der Waals surface area contributed by atoms with Gasteiger partial charge in [0.25, 0.3) is 11.3 Å². The lowest BCUT2D eigenvalue weighted by molar-refractivity contribution is 0.415. The van der Waals surface area contributed by atoms with Crippen molar-refractivity contribution in [2.24, 2.45) is 5.92 Å². The highest BCUT2D eigenvalue weighted by molar-refractivity contribution is 7.76. The molecule has 0 heterocycles. The van der Waals surface area contributed by atoms with E-state index >= 15 is 0 Å². The van der Waals surface area contributed by atoms with Crippen LogP contribution in [0, 0.1) is 5.92 Å². The molecule has 1 atom stereocenters. The molecular formula is C14H21NO3S. The van der Waals surface area contributed by atoms with Gasteiger partial charge in [0, 0.05) is 12.7 Å². The van der Waals surface area contributed by atoms with E-state index in [1.807, 2.05) is 30.3 Å². The standard InChI is InChI=1S/C14H21NO3S/c1-12(2)8-10-15(19(16)17)11-9-13-4-6-14(18-3)7-5-13/h4-7,9,11-12H,8,10H2,1-3H3,(H,16,17). The number of hydrogen-bond donors (Lipinski definition) is 1. The van der Waals surface area contributed by atoms with E-state index in [4.69, 9.17) is 4.74 Å². The van der Waals surface area contributed by atoms with Crippen molar-refractivity contribution in [1.82, 2.24) is 4.31 Å². The first kappa shape index (κ1) is 15.7. The minimum Gasteiger partial charge on any atom is -0.497 e. The van der Waals surface area contributed by atoms with Gasteiger partial charge in [0.2, 0.25) is 0 Å². The van der Waals surface area contributed by atoms with Crippen molar-refractivity contribution >= 4 is 17.3 Å². The molecule has 0 aliphatic rings. The third-order valence-electron chi connectivity index (χ3n) is 2.68. The van der Waals surface area contributed by atoms with Gasteiger partial charge in [0.1, 0.15) is 5.75 Å². The maximum Gasteiger partial charge on any atom is 0.261 e. The van der Waals surface area contributed by atoms with Crippen molar-refractivity contribution in [2.45, 2.75) is 20.3 Å². The van der Waals surface area contributed by atoms with Gasteiger partial charge in [-0.15, -0.1) is 0 Å². The highest BCUT2D eigenvalue weighted by Crippen LogP contribution is 2.13. The number of benzene rings is 1. The summed E-state index contributed by atoms with van der Waals surface area (Å²) in [6.45, 7) is 4.74. The Morgan fingerprint density at radius 3 is 2.47 bits per heavy atom. The molecule has 5 heteroatoms. The van der Waals surface area contributed by atoms with Gasteiger partial charge >= 0.3 is 0 Å². The summed E-state index contributed by atoms with van der Waals surface area (Å²) in [5, 5.41) is 0. The predicted octanol–water partition coefficient (Wildman–Crippen LogP) is 3.15. The van der Waals surface area contributed by atoms with Crippen LogP contribution < -0.4 is 4.74 Å². The van der Waals surface area contributed by atoms with Gasteiger partial charge in [0.05, 0.1) is 7.11 Å². The first-order chi connectivity index (χ1) is 9.02. The molecule has 0 saturated carbocycles. The van der Waals surface area contributed by atoms with Gasteiger partial charge < -0.3 is 4.74 Å². The summed E-state index contributed by atoms with van der Waals surface area (Å²) in [5.74, 6) is 1.29. The number of rotatable bonds is 7. The fraction of sp³-hybridized carbons (Fsp3) is 0.429. The van der Waals surface area contributed by atoms with E-state index in [1.54, 1.807) is 13.3 Å². The van der Waals surface area contributed by atoms with Crippen molar-refractivity contribution in [3.05, 3.63) is 36.0 Å². The van der Waals surface area contributed by atoms with E-state index in [9.17, 15) is 8.76 Å². The van der Waals surface area contributed by atoms with Crippen LogP contribution in [0.4, 0.5) is 0 Å². The fourth-order valence-corrected chi connectivity index (χ4v) is 1.90. The molecule has 0 aromatic heterocycles. The van der Waals surface area contributed by atoms with E-state index in [0.717, 1.165) is 17.7 Å². The van der Waals surface area contributed by atoms with Gasteiger partial charge in [-0.2, -0.15) is 0 Å². The Kier molecular flexibility index (Phi) is 6.59. The third-order valence-corrected chi connectivity index (χ3v) is 3.38. The smallest absolute Gasteiger partial charge is 0.261 e. The third kappa shape index (κ3) is 5.89. The molecule has 1 aromatic rings. The monoisotopic (exact) mass is 283 g/mol. The van der Waals surface area contributed by atoms with E-state index in [2.05, 4.69) is 13.8 Å². The predicted molar refractivity (Wildman–Crippen MR) is 79.0 cm³/mol. The van der Waals surface area contributed by atoms with Crippen LogP contribution in [0.25, 0.3) is 6.08 Å². The Hall–Kier alpha value is -1.33. The second-order valence-corrected chi connectivity index (χ2v) is 5.57. The first-order valence-electron chi connectivity index (χ1n) is 6.22. The van der Waals surface area contributed by atoms with Gasteiger partial charge in [0.15, 0.2) is 0 Å². The van der Waals surface area contributed by atoms with Gasteiger partial charge in [-0.25, -0.2) is 4.21 Å². The van der Waals surface area contributed by atoms with Crippen molar-refractivity contribution in [3.63, 3.8) is 0 Å². The molecule has 4 nitrogen and oxygen atoms in total. The molecule has 1 unspecified atom stereocenters. The number of ether oxygens (including phenoxy) is 1. The minimum absolute atomic E-state index is 0.500. The van der Waals surface area contributed by atoms with E-state index in [0.29, 0.717) is 12.5 Å². The normalized spacial score (nSPS) is 12.9. The number of hydrogen-bond acceptors (Lipinski definition) is 2. The van der Waals surface area contributed by atoms with Crippen LogP contribution >= 0.6 is 0 Å². The molecule has 1 rings (SSSR count). The Balaban J connectivity index is 2.66. The van der Waals surface area contributed by atoms with Gasteiger partial charge in [-0.3, -0.25) is 8.86 Å². The zero-order valence-corrected chi connectivity index (χ0v) is 12.4. The lowest BCUT2D eigenvalue weighted by atomic mass is 10.1. The summed E-state index contributed by atoms with van der Waals surface area (Å²) in [4.78, 5) is 0. The van der Waals surface area contributed by atoms with E-state index < -0.39 is 11.3 Å². The molecule has 0 amide bonds. The fourth-order valence-electron chi connectivity index (χ4n) is 1.47. The number of methoxy groups -OCH3 is 1. The largest absolute Gasteiger partial charge is 0.497 e. The van der Waals surface area contributed by atoms with Crippen molar-refractivity contribution < 1.29 is 13.5 Å². The topological polar surface area (TPSA) is 49.8 Å². The molecule has 106 valence electrons. The highest BCUT2D eigenvalue weighted by Gasteiger charge is 2.06. The molecule has 1 N–H and O–H groups in total. The average Bonchev–Trinajstić information content (AvgIpc) is 2.38. The molecule has 0 radical (unpaired) electrons. The summed E-state index contributed by atoms with van der Waals surface area (Å²) in [5.41, 5.74) is 0.959. The zero-order valence-electron chi connectivity index (χ0n) is 11.6. The van der Waals surface area contributed by atoms with Crippen LogP contribution in [0.2, 0.25) is 0 Å². The molecule has 0 aliphatic heterocycles. The SMILES string of the molecule is COc1ccc(C=CN(CCC(C)C)S(=O)O)cc1. The van der Waals surface area contributed by atoms with Gasteiger partial charge in [-0.1, -0.05) is 26.0 Å². The van der Waals surface area contributed by atoms with Crippen LogP contribution in [0.5, 0.6) is 5.75 Å². The molecule has 0 saturated heterocycles. The summed E-state index contributed by atoms with van der Waals surface area (Å²) in [6.07, 6.45) is 4.34. The Morgan fingerprint density at radius 2 is 2.00 bits per heavy atom. The minimum atomic E-state index is -1.98. The van der Waals surface area contributed by atoms with E-state index in [-0.39, 0.29) is 0 Å². The summed E-state index contributed by atoms with van der Waals surface area (Å²) < 4.78 is 26.9. The molecule has 0 bridgehead atoms. The Bertz CT molecular complexity index is 429. The van der Waals surface area contributed by atoms with Crippen molar-refractivity contribution in [1.29, 1.82) is 0 Å². The average molecular weight is 283 g/mol. The van der Waals surface area contributed by atoms with Crippen LogP contribution in [-0.4, -0.2) is 26.7 Å². The van der Waals surface area contributed by atoms with Crippen LogP contribution in [0.15, 0.2) is 30.5 Å². The lowest BCUT2D eigenvalue weighted by Crippen LogP contribution is -2.21. The molecule has 1 aromatic carbocycles. The van der Waals surface area contributed by atoms with Crippen LogP contribution in [0.1, 0.15) is 25.8 Å². The molecule has 0 fully saturated rings. The van der Waals surface area contributed by atoms with E-state index in [1.165, 1.54) is 4.31 Å². The maximum atomic E-state index is 11.2. The molecule has 19 heavy (non-hydrogen) atoms. The summed E-state index contributed by atoms with van der Waals surface area (Å²) in [6, 6.07) is 7.51. The second kappa shape index (κ2) is 7.96. The summed E-state index contributed by atoms with van der Waals surface area (Å²) in [7, 11) is 1.62. The second-order valence-electron chi connectivity index (χ2n) is 4.64. The van der Waals surface area contributed by atoms with Crippen molar-refractivity contribution in [3.8, 4) is 5.75 Å². The van der Waals surface area contributed by atoms with Gasteiger partial charge in [-0.05, 0) is 36.1 Å². The van der Waals surface area contributed by atoms with Crippen molar-refractivity contribution in [2.75, 3.05) is 13.7 Å². The quantitative estimate of drug-likeness (QED) is 0.782. The van der Waals surface area contributed by atoms with Crippen LogP contribution in [0.3, 0.4) is 0 Å². The molecule has 0 aliphatic carbocycles. The number of nitrogens with zero attached hydrogens (tertiary/aromatic N) is 1. The molecular weight excluding hydrogens is 262 g/mol.